The number of nitrogen functional groups attached to an aromatic ring is 1. The number of benzene rings is 2. The number of H-pyrrole nitrogens is 1. The van der Waals surface area contributed by atoms with Crippen LogP contribution in [0.4, 0.5) is 10.5 Å². The van der Waals surface area contributed by atoms with E-state index in [2.05, 4.69) is 36.9 Å². The summed E-state index contributed by atoms with van der Waals surface area (Å²) in [5.41, 5.74) is 8.47. The molecule has 1 aliphatic rings. The predicted molar refractivity (Wildman–Crippen MR) is 154 cm³/mol. The third kappa shape index (κ3) is 6.25. The molecule has 4 rings (SSSR count). The van der Waals surface area contributed by atoms with Gasteiger partial charge >= 0.3 is 12.0 Å². The molecule has 40 heavy (non-hydrogen) atoms. The van der Waals surface area contributed by atoms with Crippen molar-refractivity contribution in [3.05, 3.63) is 65.4 Å². The number of rotatable bonds is 10. The van der Waals surface area contributed by atoms with Gasteiger partial charge < -0.3 is 36.3 Å². The van der Waals surface area contributed by atoms with Gasteiger partial charge in [0.05, 0.1) is 13.2 Å². The van der Waals surface area contributed by atoms with Gasteiger partial charge in [-0.05, 0) is 43.7 Å². The Bertz CT molecular complexity index is 1440. The van der Waals surface area contributed by atoms with Crippen LogP contribution < -0.4 is 26.6 Å². The first-order valence-electron chi connectivity index (χ1n) is 12.7. The van der Waals surface area contributed by atoms with E-state index in [9.17, 15) is 19.2 Å². The normalized spacial score (nSPS) is 15.5. The van der Waals surface area contributed by atoms with E-state index in [1.165, 1.54) is 4.90 Å². The van der Waals surface area contributed by atoms with Gasteiger partial charge in [0.25, 0.3) is 5.91 Å². The summed E-state index contributed by atoms with van der Waals surface area (Å²) in [6.07, 6.45) is 0.383. The molecular weight excluding hydrogens is 582 g/mol. The molecule has 13 heteroatoms. The molecule has 4 amide bonds. The number of esters is 1. The summed E-state index contributed by atoms with van der Waals surface area (Å²) in [6, 6.07) is 11.5. The number of amides is 4. The fraction of sp³-hybridized carbons (Fsp3) is 0.296. The summed E-state index contributed by atoms with van der Waals surface area (Å²) in [5.74, 6) is -1.59. The van der Waals surface area contributed by atoms with Crippen molar-refractivity contribution in [2.45, 2.75) is 30.8 Å². The molecule has 0 saturated carbocycles. The highest BCUT2D eigenvalue weighted by Crippen LogP contribution is 2.25. The van der Waals surface area contributed by atoms with Gasteiger partial charge in [-0.25, -0.2) is 9.59 Å². The highest BCUT2D eigenvalue weighted by molar-refractivity contribution is 9.08. The van der Waals surface area contributed by atoms with Crippen molar-refractivity contribution < 1.29 is 23.9 Å². The second-order valence-corrected chi connectivity index (χ2v) is 9.64. The van der Waals surface area contributed by atoms with Crippen molar-refractivity contribution in [2.24, 2.45) is 5.73 Å². The van der Waals surface area contributed by atoms with Crippen molar-refractivity contribution in [3.63, 3.8) is 0 Å². The molecule has 12 nitrogen and oxygen atoms in total. The number of alkyl halides is 1. The molecule has 0 bridgehead atoms. The molecule has 210 valence electrons. The maximum absolute atomic E-state index is 13.1. The van der Waals surface area contributed by atoms with E-state index in [0.717, 1.165) is 16.5 Å². The topological polar surface area (TPSA) is 182 Å². The second kappa shape index (κ2) is 12.6. The molecule has 0 aliphatic carbocycles. The highest BCUT2D eigenvalue weighted by atomic mass is 79.9. The monoisotopic (exact) mass is 611 g/mol. The maximum Gasteiger partial charge on any atom is 0.330 e. The van der Waals surface area contributed by atoms with Crippen molar-refractivity contribution in [3.8, 4) is 0 Å². The summed E-state index contributed by atoms with van der Waals surface area (Å²) < 4.78 is 5.10. The first kappa shape index (κ1) is 28.6. The molecule has 2 aromatic carbocycles. The summed E-state index contributed by atoms with van der Waals surface area (Å²) in [5, 5.41) is 16.6. The van der Waals surface area contributed by atoms with Gasteiger partial charge in [0.15, 0.2) is 0 Å². The van der Waals surface area contributed by atoms with Crippen molar-refractivity contribution in [2.75, 3.05) is 24.6 Å². The van der Waals surface area contributed by atoms with Crippen molar-refractivity contribution in [1.82, 2.24) is 20.9 Å². The second-order valence-electron chi connectivity index (χ2n) is 9.08. The van der Waals surface area contributed by atoms with E-state index in [-0.39, 0.29) is 24.9 Å². The smallest absolute Gasteiger partial charge is 0.330 e. The Hall–Kier alpha value is -4.39. The van der Waals surface area contributed by atoms with E-state index >= 15 is 0 Å². The first-order valence-corrected chi connectivity index (χ1v) is 13.8. The lowest BCUT2D eigenvalue weighted by Crippen LogP contribution is -2.53. The molecule has 0 radical (unpaired) electrons. The Morgan fingerprint density at radius 3 is 2.60 bits per heavy atom. The SMILES string of the molecule is CCOC(=O)[C@H](CNC(=O)NC1CCN(c2ccc(C(=N)N)cc2)C1=O)NC(=O)c1[nH]c2ccccc2c1CBr. The lowest BCUT2D eigenvalue weighted by Gasteiger charge is -2.20. The minimum Gasteiger partial charge on any atom is -0.464 e. The minimum absolute atomic E-state index is 0.0716. The number of halogens is 1. The van der Waals surface area contributed by atoms with E-state index in [1.54, 1.807) is 31.2 Å². The zero-order chi connectivity index (χ0) is 28.8. The van der Waals surface area contributed by atoms with Crippen LogP contribution in [-0.4, -0.2) is 66.4 Å². The van der Waals surface area contributed by atoms with Gasteiger partial charge in [0.1, 0.15) is 23.6 Å². The number of carbonyl (C=O) groups is 4. The largest absolute Gasteiger partial charge is 0.464 e. The summed E-state index contributed by atoms with van der Waals surface area (Å²) >= 11 is 3.42. The number of nitrogens with one attached hydrogen (secondary N) is 5. The van der Waals surface area contributed by atoms with Crippen LogP contribution in [0.15, 0.2) is 48.5 Å². The summed E-state index contributed by atoms with van der Waals surface area (Å²) in [4.78, 5) is 55.9. The van der Waals surface area contributed by atoms with Gasteiger partial charge in [0, 0.05) is 39.6 Å². The van der Waals surface area contributed by atoms with Crippen LogP contribution >= 0.6 is 15.9 Å². The first-order chi connectivity index (χ1) is 19.2. The van der Waals surface area contributed by atoms with Crippen LogP contribution in [0.2, 0.25) is 0 Å². The fourth-order valence-corrected chi connectivity index (χ4v) is 5.08. The number of aromatic nitrogens is 1. The molecule has 0 spiro atoms. The number of fused-ring (bicyclic) bond motifs is 1. The molecule has 1 unspecified atom stereocenters. The summed E-state index contributed by atoms with van der Waals surface area (Å²) in [7, 11) is 0. The van der Waals surface area contributed by atoms with Crippen LogP contribution in [-0.2, 0) is 19.7 Å². The van der Waals surface area contributed by atoms with E-state index in [0.29, 0.717) is 35.2 Å². The van der Waals surface area contributed by atoms with Gasteiger partial charge in [-0.15, -0.1) is 0 Å². The third-order valence-electron chi connectivity index (χ3n) is 6.52. The number of aromatic amines is 1. The third-order valence-corrected chi connectivity index (χ3v) is 7.08. The standard InChI is InChI=1S/C27H30BrN7O5/c1-2-40-26(38)21(33-24(36)22-18(13-28)17-5-3-4-6-19(17)32-22)14-31-27(39)34-20-11-12-35(25(20)37)16-9-7-15(8-10-16)23(29)30/h3-10,20-21,32H,2,11-14H2,1H3,(H3,29,30)(H,33,36)(H2,31,34,39)/t20?,21-/m0/s1. The average Bonchev–Trinajstić information content (AvgIpc) is 3.51. The quantitative estimate of drug-likeness (QED) is 0.0882. The molecular formula is C27H30BrN7O5. The number of urea groups is 1. The van der Waals surface area contributed by atoms with Crippen LogP contribution in [0.1, 0.15) is 35.0 Å². The molecule has 1 saturated heterocycles. The summed E-state index contributed by atoms with van der Waals surface area (Å²) in [6.45, 7) is 1.88. The van der Waals surface area contributed by atoms with Crippen LogP contribution in [0.5, 0.6) is 0 Å². The maximum atomic E-state index is 13.1. The molecule has 1 aliphatic heterocycles. The molecule has 1 aromatic heterocycles. The Labute approximate surface area is 238 Å². The number of hydrogen-bond donors (Lipinski definition) is 6. The molecule has 7 N–H and O–H groups in total. The number of anilines is 1. The average molecular weight is 612 g/mol. The van der Waals surface area contributed by atoms with Gasteiger partial charge in [-0.3, -0.25) is 15.0 Å². The Kier molecular flexibility index (Phi) is 9.04. The van der Waals surface area contributed by atoms with Gasteiger partial charge in [-0.2, -0.15) is 0 Å². The number of ether oxygens (including phenoxy) is 1. The predicted octanol–water partition coefficient (Wildman–Crippen LogP) is 2.11. The minimum atomic E-state index is -1.16. The fourth-order valence-electron chi connectivity index (χ4n) is 4.49. The number of amidine groups is 1. The van der Waals surface area contributed by atoms with E-state index < -0.39 is 30.0 Å². The molecule has 1 fully saturated rings. The number of nitrogens with zero attached hydrogens (tertiary/aromatic N) is 1. The van der Waals surface area contributed by atoms with Crippen molar-refractivity contribution in [1.29, 1.82) is 5.41 Å². The number of carbonyl (C=O) groups excluding carboxylic acids is 4. The zero-order valence-corrected chi connectivity index (χ0v) is 23.3. The van der Waals surface area contributed by atoms with Crippen LogP contribution in [0, 0.1) is 5.41 Å². The molecule has 2 atom stereocenters. The Balaban J connectivity index is 1.37. The lowest BCUT2D eigenvalue weighted by atomic mass is 10.1. The number of nitrogens with two attached hydrogens (primary N) is 1. The van der Waals surface area contributed by atoms with Gasteiger partial charge in [-0.1, -0.05) is 34.1 Å². The van der Waals surface area contributed by atoms with Crippen molar-refractivity contribution >= 4 is 62.2 Å². The zero-order valence-electron chi connectivity index (χ0n) is 21.8. The number of hydrogen-bond acceptors (Lipinski definition) is 6. The number of para-hydroxylation sites is 1. The Morgan fingerprint density at radius 1 is 1.20 bits per heavy atom. The lowest BCUT2D eigenvalue weighted by molar-refractivity contribution is -0.145. The Morgan fingerprint density at radius 2 is 1.93 bits per heavy atom. The highest BCUT2D eigenvalue weighted by Gasteiger charge is 2.34. The van der Waals surface area contributed by atoms with Gasteiger partial charge in [0.2, 0.25) is 5.91 Å². The molecule has 3 aromatic rings. The van der Waals surface area contributed by atoms with Crippen LogP contribution in [0.25, 0.3) is 10.9 Å². The molecule has 2 heterocycles. The van der Waals surface area contributed by atoms with Crippen LogP contribution in [0.3, 0.4) is 0 Å². The van der Waals surface area contributed by atoms with E-state index in [4.69, 9.17) is 15.9 Å². The van der Waals surface area contributed by atoms with E-state index in [1.807, 2.05) is 24.3 Å².